The molecule has 1 N–H and O–H groups in total. The number of aromatic nitrogens is 2. The number of aldehydes is 1. The lowest BCUT2D eigenvalue weighted by Gasteiger charge is -2.37. The molecule has 0 spiro atoms. The van der Waals surface area contributed by atoms with Crippen LogP contribution in [0.1, 0.15) is 30.2 Å². The Labute approximate surface area is 146 Å². The number of rotatable bonds is 6. The largest absolute Gasteiger partial charge is 0.507 e. The second kappa shape index (κ2) is 7.57. The Hall–Kier alpha value is -2.54. The predicted octanol–water partition coefficient (Wildman–Crippen LogP) is 2.27. The Morgan fingerprint density at radius 1 is 1.44 bits per heavy atom. The van der Waals surface area contributed by atoms with E-state index >= 15 is 0 Å². The first-order valence-corrected chi connectivity index (χ1v) is 8.39. The molecule has 2 aromatic rings. The monoisotopic (exact) mass is 345 g/mol. The third-order valence-corrected chi connectivity index (χ3v) is 4.25. The van der Waals surface area contributed by atoms with Crippen LogP contribution in [0.3, 0.4) is 0 Å². The number of carbonyl (C=O) groups excluding carboxylic acids is 1. The van der Waals surface area contributed by atoms with Crippen LogP contribution in [0.5, 0.6) is 11.5 Å². The highest BCUT2D eigenvalue weighted by atomic mass is 16.5. The summed E-state index contributed by atoms with van der Waals surface area (Å²) in [7, 11) is 0. The molecular weight excluding hydrogens is 322 g/mol. The van der Waals surface area contributed by atoms with E-state index in [-0.39, 0.29) is 23.4 Å². The molecule has 7 nitrogen and oxygen atoms in total. The number of hydrogen-bond acceptors (Lipinski definition) is 6. The lowest BCUT2D eigenvalue weighted by Crippen LogP contribution is -2.49. The maximum absolute atomic E-state index is 11.2. The van der Waals surface area contributed by atoms with Gasteiger partial charge in [0.15, 0.2) is 6.29 Å². The minimum atomic E-state index is -0.0814. The van der Waals surface area contributed by atoms with Crippen molar-refractivity contribution in [3.63, 3.8) is 0 Å². The summed E-state index contributed by atoms with van der Waals surface area (Å²) in [6.45, 7) is 6.43. The smallest absolute Gasteiger partial charge is 0.157 e. The van der Waals surface area contributed by atoms with Gasteiger partial charge >= 0.3 is 0 Å². The minimum Gasteiger partial charge on any atom is -0.507 e. The third-order valence-electron chi connectivity index (χ3n) is 4.25. The van der Waals surface area contributed by atoms with Gasteiger partial charge in [-0.1, -0.05) is 6.07 Å². The molecule has 1 atom stereocenters. The average molecular weight is 345 g/mol. The Kier molecular flexibility index (Phi) is 5.23. The maximum Gasteiger partial charge on any atom is 0.157 e. The van der Waals surface area contributed by atoms with Crippen molar-refractivity contribution >= 4 is 12.1 Å². The number of benzene rings is 1. The van der Waals surface area contributed by atoms with Gasteiger partial charge in [-0.3, -0.25) is 4.79 Å². The molecule has 25 heavy (non-hydrogen) atoms. The number of aromatic hydroxyl groups is 1. The third kappa shape index (κ3) is 3.61. The van der Waals surface area contributed by atoms with Crippen LogP contribution in [0.15, 0.2) is 30.5 Å². The van der Waals surface area contributed by atoms with Crippen molar-refractivity contribution in [3.8, 4) is 11.5 Å². The summed E-state index contributed by atoms with van der Waals surface area (Å²) in [6, 6.07) is 7.03. The first-order chi connectivity index (χ1) is 12.1. The van der Waals surface area contributed by atoms with Gasteiger partial charge in [0.2, 0.25) is 0 Å². The molecule has 7 heteroatoms. The highest BCUT2D eigenvalue weighted by Gasteiger charge is 2.27. The van der Waals surface area contributed by atoms with E-state index in [9.17, 15) is 9.90 Å². The van der Waals surface area contributed by atoms with E-state index in [0.29, 0.717) is 31.9 Å². The molecule has 1 aromatic carbocycles. The van der Waals surface area contributed by atoms with Crippen LogP contribution in [-0.4, -0.2) is 53.6 Å². The van der Waals surface area contributed by atoms with Crippen molar-refractivity contribution in [1.29, 1.82) is 0 Å². The van der Waals surface area contributed by atoms with Crippen LogP contribution in [-0.2, 0) is 4.74 Å². The van der Waals surface area contributed by atoms with Gasteiger partial charge in [0.25, 0.3) is 0 Å². The molecule has 0 unspecified atom stereocenters. The Bertz CT molecular complexity index is 729. The minimum absolute atomic E-state index is 0.00944. The maximum atomic E-state index is 11.2. The van der Waals surface area contributed by atoms with Crippen molar-refractivity contribution in [1.82, 2.24) is 9.78 Å². The fourth-order valence-corrected chi connectivity index (χ4v) is 2.99. The van der Waals surface area contributed by atoms with E-state index in [1.165, 1.54) is 6.07 Å². The van der Waals surface area contributed by atoms with Crippen LogP contribution in [0.4, 0.5) is 5.82 Å². The van der Waals surface area contributed by atoms with Gasteiger partial charge in [0, 0.05) is 18.7 Å². The van der Waals surface area contributed by atoms with Crippen LogP contribution in [0, 0.1) is 0 Å². The predicted molar refractivity (Wildman–Crippen MR) is 93.6 cm³/mol. The molecule has 1 saturated heterocycles. The van der Waals surface area contributed by atoms with Crippen molar-refractivity contribution in [3.05, 3.63) is 36.0 Å². The van der Waals surface area contributed by atoms with Crippen LogP contribution in [0.2, 0.25) is 0 Å². The Morgan fingerprint density at radius 2 is 2.28 bits per heavy atom. The van der Waals surface area contributed by atoms with E-state index in [1.807, 2.05) is 10.7 Å². The molecular formula is C18H23N3O4. The number of ether oxygens (including phenoxy) is 2. The van der Waals surface area contributed by atoms with E-state index in [1.54, 1.807) is 18.3 Å². The van der Waals surface area contributed by atoms with E-state index in [2.05, 4.69) is 23.8 Å². The quantitative estimate of drug-likeness (QED) is 0.810. The molecule has 134 valence electrons. The second-order valence-corrected chi connectivity index (χ2v) is 6.27. The Morgan fingerprint density at radius 3 is 3.04 bits per heavy atom. The second-order valence-electron chi connectivity index (χ2n) is 6.27. The van der Waals surface area contributed by atoms with Crippen molar-refractivity contribution in [2.24, 2.45) is 0 Å². The summed E-state index contributed by atoms with van der Waals surface area (Å²) in [5, 5.41) is 14.2. The highest BCUT2D eigenvalue weighted by Crippen LogP contribution is 2.27. The van der Waals surface area contributed by atoms with Gasteiger partial charge in [-0.05, 0) is 26.0 Å². The number of hydrogen-bond donors (Lipinski definition) is 1. The van der Waals surface area contributed by atoms with Gasteiger partial charge < -0.3 is 19.5 Å². The number of phenols is 1. The highest BCUT2D eigenvalue weighted by molar-refractivity contribution is 5.83. The summed E-state index contributed by atoms with van der Waals surface area (Å²) in [4.78, 5) is 13.4. The average Bonchev–Trinajstić information content (AvgIpc) is 3.10. The number of anilines is 1. The lowest BCUT2D eigenvalue weighted by molar-refractivity contribution is 0.0756. The molecule has 0 saturated carbocycles. The molecule has 0 aliphatic carbocycles. The molecule has 0 radical (unpaired) electrons. The zero-order valence-corrected chi connectivity index (χ0v) is 14.5. The molecule has 0 amide bonds. The molecule has 1 aromatic heterocycles. The van der Waals surface area contributed by atoms with Crippen LogP contribution >= 0.6 is 0 Å². The summed E-state index contributed by atoms with van der Waals surface area (Å²) in [6.07, 6.45) is 2.40. The lowest BCUT2D eigenvalue weighted by atomic mass is 10.2. The molecule has 2 heterocycles. The zero-order valence-electron chi connectivity index (χ0n) is 14.5. The van der Waals surface area contributed by atoms with Crippen molar-refractivity contribution < 1.29 is 19.4 Å². The topological polar surface area (TPSA) is 76.8 Å². The first kappa shape index (κ1) is 17.3. The molecule has 1 aliphatic rings. The summed E-state index contributed by atoms with van der Waals surface area (Å²) in [5.41, 5.74) is 0.165. The molecule has 1 aliphatic heterocycles. The van der Waals surface area contributed by atoms with E-state index in [4.69, 9.17) is 9.47 Å². The van der Waals surface area contributed by atoms with Crippen molar-refractivity contribution in [2.45, 2.75) is 25.9 Å². The van der Waals surface area contributed by atoms with Crippen LogP contribution in [0.25, 0.3) is 0 Å². The fourth-order valence-electron chi connectivity index (χ4n) is 2.99. The summed E-state index contributed by atoms with van der Waals surface area (Å²) >= 11 is 0. The van der Waals surface area contributed by atoms with Gasteiger partial charge in [0.1, 0.15) is 23.9 Å². The summed E-state index contributed by atoms with van der Waals surface area (Å²) < 4.78 is 13.4. The van der Waals surface area contributed by atoms with Gasteiger partial charge in [-0.15, -0.1) is 0 Å². The van der Waals surface area contributed by atoms with Crippen molar-refractivity contribution in [2.75, 3.05) is 31.3 Å². The number of nitrogens with zero attached hydrogens (tertiary/aromatic N) is 3. The SMILES string of the molecule is CC(C)n1nccc1N1CCOC[C@H]1COc1cccc(O)c1C=O. The fraction of sp³-hybridized carbons (Fsp3) is 0.444. The Balaban J connectivity index is 1.77. The normalized spacial score (nSPS) is 17.7. The van der Waals surface area contributed by atoms with Gasteiger partial charge in [-0.2, -0.15) is 5.10 Å². The van der Waals surface area contributed by atoms with E-state index < -0.39 is 0 Å². The van der Waals surface area contributed by atoms with Crippen LogP contribution < -0.4 is 9.64 Å². The van der Waals surface area contributed by atoms with Gasteiger partial charge in [0.05, 0.1) is 31.0 Å². The number of morpholine rings is 1. The number of phenolic OH excluding ortho intramolecular Hbond substituents is 1. The number of carbonyl (C=O) groups is 1. The summed E-state index contributed by atoms with van der Waals surface area (Å²) in [5.74, 6) is 1.32. The standard InChI is InChI=1S/C18H23N3O4/c1-13(2)21-18(6-7-19-21)20-8-9-24-11-14(20)12-25-17-5-3-4-16(23)15(17)10-22/h3-7,10,13-14,23H,8-9,11-12H2,1-2H3/t14-/m0/s1. The zero-order chi connectivity index (χ0) is 17.8. The first-order valence-electron chi connectivity index (χ1n) is 8.39. The molecule has 0 bridgehead atoms. The molecule has 3 rings (SSSR count). The van der Waals surface area contributed by atoms with E-state index in [0.717, 1.165) is 12.4 Å². The molecule has 1 fully saturated rings. The van der Waals surface area contributed by atoms with Gasteiger partial charge in [-0.25, -0.2) is 4.68 Å².